The SMILES string of the molecule is CC(C)=CC1C(c2ccccc2)CC(=O)CS1(=O)=O. The Morgan fingerprint density at radius 1 is 1.21 bits per heavy atom. The van der Waals surface area contributed by atoms with Crippen LogP contribution in [0.4, 0.5) is 0 Å². The summed E-state index contributed by atoms with van der Waals surface area (Å²) in [7, 11) is -3.39. The first-order valence-electron chi connectivity index (χ1n) is 6.33. The molecule has 4 heteroatoms. The number of carbonyl (C=O) groups excluding carboxylic acids is 1. The van der Waals surface area contributed by atoms with Crippen molar-refractivity contribution in [3.05, 3.63) is 47.5 Å². The standard InChI is InChI=1S/C15H18O3S/c1-11(2)8-15-14(12-6-4-3-5-7-12)9-13(16)10-19(15,17)18/h3-8,14-15H,9-10H2,1-2H3. The van der Waals surface area contributed by atoms with Crippen LogP contribution >= 0.6 is 0 Å². The van der Waals surface area contributed by atoms with Crippen molar-refractivity contribution in [3.63, 3.8) is 0 Å². The smallest absolute Gasteiger partial charge is 0.164 e. The maximum Gasteiger partial charge on any atom is 0.164 e. The molecule has 0 aliphatic carbocycles. The average Bonchev–Trinajstić information content (AvgIpc) is 2.32. The van der Waals surface area contributed by atoms with Gasteiger partial charge in [-0.1, -0.05) is 42.0 Å². The fourth-order valence-corrected chi connectivity index (χ4v) is 4.54. The van der Waals surface area contributed by atoms with Crippen LogP contribution in [0.2, 0.25) is 0 Å². The molecule has 2 atom stereocenters. The molecule has 3 nitrogen and oxygen atoms in total. The lowest BCUT2D eigenvalue weighted by Gasteiger charge is -2.29. The molecule has 1 aliphatic heterocycles. The van der Waals surface area contributed by atoms with Crippen molar-refractivity contribution in [2.45, 2.75) is 31.4 Å². The zero-order chi connectivity index (χ0) is 14.0. The monoisotopic (exact) mass is 278 g/mol. The third-order valence-corrected chi connectivity index (χ3v) is 5.36. The fraction of sp³-hybridized carbons (Fsp3) is 0.400. The number of sulfone groups is 1. The molecule has 1 heterocycles. The number of allylic oxidation sites excluding steroid dienone is 1. The van der Waals surface area contributed by atoms with Gasteiger partial charge in [-0.2, -0.15) is 0 Å². The largest absolute Gasteiger partial charge is 0.299 e. The van der Waals surface area contributed by atoms with Crippen molar-refractivity contribution >= 4 is 15.6 Å². The lowest BCUT2D eigenvalue weighted by atomic mass is 9.89. The zero-order valence-corrected chi connectivity index (χ0v) is 12.0. The summed E-state index contributed by atoms with van der Waals surface area (Å²) in [5, 5.41) is -0.586. The Labute approximate surface area is 114 Å². The summed E-state index contributed by atoms with van der Waals surface area (Å²) in [4.78, 5) is 11.7. The first-order valence-corrected chi connectivity index (χ1v) is 8.05. The maximum absolute atomic E-state index is 12.2. The summed E-state index contributed by atoms with van der Waals surface area (Å²) in [5.41, 5.74) is 1.88. The lowest BCUT2D eigenvalue weighted by molar-refractivity contribution is -0.117. The van der Waals surface area contributed by atoms with Crippen molar-refractivity contribution in [2.24, 2.45) is 0 Å². The van der Waals surface area contributed by atoms with Crippen molar-refractivity contribution in [3.8, 4) is 0 Å². The van der Waals surface area contributed by atoms with E-state index in [1.807, 2.05) is 44.2 Å². The van der Waals surface area contributed by atoms with Crippen LogP contribution in [-0.4, -0.2) is 25.2 Å². The van der Waals surface area contributed by atoms with Crippen LogP contribution in [-0.2, 0) is 14.6 Å². The number of carbonyl (C=O) groups is 1. The third kappa shape index (κ3) is 3.13. The highest BCUT2D eigenvalue weighted by Gasteiger charge is 2.40. The van der Waals surface area contributed by atoms with Gasteiger partial charge >= 0.3 is 0 Å². The highest BCUT2D eigenvalue weighted by molar-refractivity contribution is 7.93. The Morgan fingerprint density at radius 2 is 1.84 bits per heavy atom. The Balaban J connectivity index is 2.49. The van der Waals surface area contributed by atoms with Gasteiger partial charge in [0.05, 0.1) is 5.25 Å². The van der Waals surface area contributed by atoms with Crippen molar-refractivity contribution < 1.29 is 13.2 Å². The Kier molecular flexibility index (Phi) is 3.90. The summed E-state index contributed by atoms with van der Waals surface area (Å²) < 4.78 is 24.5. The lowest BCUT2D eigenvalue weighted by Crippen LogP contribution is -2.38. The second-order valence-corrected chi connectivity index (χ2v) is 7.43. The minimum Gasteiger partial charge on any atom is -0.299 e. The molecule has 0 radical (unpaired) electrons. The van der Waals surface area contributed by atoms with Gasteiger partial charge in [-0.3, -0.25) is 4.79 Å². The van der Waals surface area contributed by atoms with E-state index in [9.17, 15) is 13.2 Å². The maximum atomic E-state index is 12.2. The first kappa shape index (κ1) is 14.0. The summed E-state index contributed by atoms with van der Waals surface area (Å²) >= 11 is 0. The first-order chi connectivity index (χ1) is 8.90. The molecule has 102 valence electrons. The van der Waals surface area contributed by atoms with Crippen LogP contribution < -0.4 is 0 Å². The number of ketones is 1. The van der Waals surface area contributed by atoms with Crippen LogP contribution in [0.3, 0.4) is 0 Å². The summed E-state index contributed by atoms with van der Waals surface area (Å²) in [5.74, 6) is -0.778. The van der Waals surface area contributed by atoms with E-state index in [4.69, 9.17) is 0 Å². The Hall–Kier alpha value is -1.42. The summed E-state index contributed by atoms with van der Waals surface area (Å²) in [6.45, 7) is 3.77. The minimum absolute atomic E-state index is 0.188. The second kappa shape index (κ2) is 5.29. The van der Waals surface area contributed by atoms with Crippen molar-refractivity contribution in [2.75, 3.05) is 5.75 Å². The molecule has 1 aromatic rings. The molecule has 0 saturated carbocycles. The highest BCUT2D eigenvalue weighted by atomic mass is 32.2. The molecular formula is C15H18O3S. The summed E-state index contributed by atoms with van der Waals surface area (Å²) in [6, 6.07) is 9.43. The van der Waals surface area contributed by atoms with Gasteiger partial charge in [-0.25, -0.2) is 8.42 Å². The minimum atomic E-state index is -3.39. The van der Waals surface area contributed by atoms with Gasteiger partial charge in [0.1, 0.15) is 11.5 Å². The van der Waals surface area contributed by atoms with Crippen molar-refractivity contribution in [1.29, 1.82) is 0 Å². The van der Waals surface area contributed by atoms with Gasteiger partial charge in [0, 0.05) is 12.3 Å². The number of hydrogen-bond acceptors (Lipinski definition) is 3. The highest BCUT2D eigenvalue weighted by Crippen LogP contribution is 2.34. The van der Waals surface area contributed by atoms with Gasteiger partial charge in [0.15, 0.2) is 9.84 Å². The second-order valence-electron chi connectivity index (χ2n) is 5.28. The summed E-state index contributed by atoms with van der Waals surface area (Å²) in [6.07, 6.45) is 2.08. The number of hydrogen-bond donors (Lipinski definition) is 0. The van der Waals surface area contributed by atoms with E-state index >= 15 is 0 Å². The predicted octanol–water partition coefficient (Wildman–Crippen LogP) is 2.49. The molecule has 1 aliphatic rings. The normalized spacial score (nSPS) is 25.9. The van der Waals surface area contributed by atoms with E-state index in [2.05, 4.69) is 0 Å². The van der Waals surface area contributed by atoms with Crippen LogP contribution in [0.25, 0.3) is 0 Å². The van der Waals surface area contributed by atoms with Crippen LogP contribution in [0, 0.1) is 0 Å². The van der Waals surface area contributed by atoms with Crippen molar-refractivity contribution in [1.82, 2.24) is 0 Å². The van der Waals surface area contributed by atoms with E-state index in [1.165, 1.54) is 0 Å². The van der Waals surface area contributed by atoms with Crippen LogP contribution in [0.15, 0.2) is 42.0 Å². The molecule has 0 spiro atoms. The molecule has 1 saturated heterocycles. The van der Waals surface area contributed by atoms with E-state index in [1.54, 1.807) is 6.08 Å². The third-order valence-electron chi connectivity index (χ3n) is 3.35. The molecule has 1 aromatic carbocycles. The molecule has 2 rings (SSSR count). The Morgan fingerprint density at radius 3 is 2.42 bits per heavy atom. The van der Waals surface area contributed by atoms with Gasteiger partial charge in [0.2, 0.25) is 0 Å². The molecule has 0 bridgehead atoms. The molecule has 0 aromatic heterocycles. The number of Topliss-reactive ketones (excluding diaryl/α,β-unsaturated/α-hetero) is 1. The zero-order valence-electron chi connectivity index (χ0n) is 11.2. The molecule has 0 amide bonds. The predicted molar refractivity (Wildman–Crippen MR) is 75.8 cm³/mol. The van der Waals surface area contributed by atoms with Crippen LogP contribution in [0.5, 0.6) is 0 Å². The molecule has 1 fully saturated rings. The van der Waals surface area contributed by atoms with Crippen LogP contribution in [0.1, 0.15) is 31.7 Å². The van der Waals surface area contributed by atoms with Gasteiger partial charge in [-0.05, 0) is 19.4 Å². The van der Waals surface area contributed by atoms with Gasteiger partial charge in [-0.15, -0.1) is 0 Å². The fourth-order valence-electron chi connectivity index (χ4n) is 2.55. The topological polar surface area (TPSA) is 51.2 Å². The molecule has 0 N–H and O–H groups in total. The number of benzene rings is 1. The van der Waals surface area contributed by atoms with E-state index < -0.39 is 15.1 Å². The van der Waals surface area contributed by atoms with Gasteiger partial charge < -0.3 is 0 Å². The molecule has 19 heavy (non-hydrogen) atoms. The number of rotatable bonds is 2. The van der Waals surface area contributed by atoms with E-state index in [0.29, 0.717) is 6.42 Å². The quantitative estimate of drug-likeness (QED) is 0.781. The molecule has 2 unspecified atom stereocenters. The van der Waals surface area contributed by atoms with E-state index in [0.717, 1.165) is 11.1 Å². The van der Waals surface area contributed by atoms with Gasteiger partial charge in [0.25, 0.3) is 0 Å². The Bertz CT molecular complexity index is 596. The van der Waals surface area contributed by atoms with E-state index in [-0.39, 0.29) is 17.5 Å². The molecular weight excluding hydrogens is 260 g/mol. The average molecular weight is 278 g/mol.